The number of aromatic nitrogens is 1. The van der Waals surface area contributed by atoms with Crippen LogP contribution in [0.3, 0.4) is 0 Å². The monoisotopic (exact) mass is 422 g/mol. The van der Waals surface area contributed by atoms with Crippen LogP contribution in [0, 0.1) is 6.92 Å². The zero-order valence-corrected chi connectivity index (χ0v) is 16.9. The Bertz CT molecular complexity index is 952. The summed E-state index contributed by atoms with van der Waals surface area (Å²) < 4.78 is 5.59. The smallest absolute Gasteiger partial charge is 0.335 e. The molecule has 6 nitrogen and oxygen atoms in total. The second-order valence-electron chi connectivity index (χ2n) is 6.68. The number of methoxy groups -OCH3 is 1. The van der Waals surface area contributed by atoms with Gasteiger partial charge >= 0.3 is 5.97 Å². The fourth-order valence-corrected chi connectivity index (χ4v) is 3.82. The maximum Gasteiger partial charge on any atom is 0.335 e. The molecule has 0 fully saturated rings. The number of benzene rings is 1. The van der Waals surface area contributed by atoms with E-state index >= 15 is 0 Å². The van der Waals surface area contributed by atoms with Gasteiger partial charge in [-0.1, -0.05) is 35.3 Å². The number of carboxylic acids is 1. The van der Waals surface area contributed by atoms with Crippen LogP contribution in [0.2, 0.25) is 10.0 Å². The van der Waals surface area contributed by atoms with Crippen LogP contribution >= 0.6 is 23.2 Å². The van der Waals surface area contributed by atoms with Crippen molar-refractivity contribution in [2.24, 2.45) is 0 Å². The van der Waals surface area contributed by atoms with E-state index in [1.807, 2.05) is 12.1 Å². The number of carbonyl (C=O) groups is 2. The molecule has 3 rings (SSSR count). The van der Waals surface area contributed by atoms with Crippen LogP contribution in [0.5, 0.6) is 0 Å². The van der Waals surface area contributed by atoms with Gasteiger partial charge in [0.1, 0.15) is 5.69 Å². The van der Waals surface area contributed by atoms with Crippen molar-refractivity contribution in [3.05, 3.63) is 68.6 Å². The Labute approximate surface area is 172 Å². The van der Waals surface area contributed by atoms with Gasteiger partial charge in [-0.15, -0.1) is 0 Å². The van der Waals surface area contributed by atoms with Gasteiger partial charge in [-0.2, -0.15) is 0 Å². The largest absolute Gasteiger partial charge is 0.478 e. The number of hydrogen-bond donors (Lipinski definition) is 3. The zero-order chi connectivity index (χ0) is 20.4. The number of H-pyrrole nitrogens is 1. The summed E-state index contributed by atoms with van der Waals surface area (Å²) in [4.78, 5) is 26.7. The Morgan fingerprint density at radius 3 is 2.64 bits per heavy atom. The highest BCUT2D eigenvalue weighted by molar-refractivity contribution is 6.44. The lowest BCUT2D eigenvalue weighted by Gasteiger charge is -2.30. The SMILES string of the molecule is COC1C=C(NC(=O)c2[nH]c(C)c(Cl)c2Cl)CCC1c1cccc(C(=O)O)c1. The molecule has 0 spiro atoms. The molecule has 0 radical (unpaired) electrons. The first-order valence-corrected chi connectivity index (χ1v) is 9.49. The fraction of sp³-hybridized carbons (Fsp3) is 0.300. The number of rotatable bonds is 5. The maximum absolute atomic E-state index is 12.5. The second-order valence-corrected chi connectivity index (χ2v) is 7.43. The lowest BCUT2D eigenvalue weighted by atomic mass is 9.83. The van der Waals surface area contributed by atoms with E-state index in [9.17, 15) is 14.7 Å². The zero-order valence-electron chi connectivity index (χ0n) is 15.4. The molecule has 1 aromatic carbocycles. The molecule has 8 heteroatoms. The van der Waals surface area contributed by atoms with Crippen molar-refractivity contribution in [2.45, 2.75) is 31.8 Å². The van der Waals surface area contributed by atoms with Crippen molar-refractivity contribution in [1.82, 2.24) is 10.3 Å². The topological polar surface area (TPSA) is 91.4 Å². The molecule has 1 aliphatic carbocycles. The summed E-state index contributed by atoms with van der Waals surface area (Å²) >= 11 is 12.1. The molecule has 1 aromatic heterocycles. The number of amides is 1. The first-order chi connectivity index (χ1) is 13.3. The van der Waals surface area contributed by atoms with E-state index in [4.69, 9.17) is 27.9 Å². The molecule has 0 saturated heterocycles. The molecule has 0 bridgehead atoms. The van der Waals surface area contributed by atoms with Crippen LogP contribution in [0.15, 0.2) is 36.0 Å². The molecule has 0 saturated carbocycles. The van der Waals surface area contributed by atoms with Crippen LogP contribution in [-0.4, -0.2) is 35.2 Å². The van der Waals surface area contributed by atoms with Crippen LogP contribution in [0.25, 0.3) is 0 Å². The first-order valence-electron chi connectivity index (χ1n) is 8.73. The third-order valence-electron chi connectivity index (χ3n) is 4.88. The number of nitrogens with one attached hydrogen (secondary N) is 2. The molecular weight excluding hydrogens is 403 g/mol. The van der Waals surface area contributed by atoms with Crippen LogP contribution in [0.1, 0.15) is 50.9 Å². The third-order valence-corrected chi connectivity index (χ3v) is 5.82. The van der Waals surface area contributed by atoms with Gasteiger partial charge in [0.15, 0.2) is 0 Å². The molecule has 0 aliphatic heterocycles. The number of ether oxygens (including phenoxy) is 1. The Hall–Kier alpha value is -2.28. The van der Waals surface area contributed by atoms with Crippen molar-refractivity contribution in [3.8, 4) is 0 Å². The van der Waals surface area contributed by atoms with Crippen molar-refractivity contribution in [3.63, 3.8) is 0 Å². The number of aromatic amines is 1. The average Bonchev–Trinajstić information content (AvgIpc) is 2.95. The number of hydrogen-bond acceptors (Lipinski definition) is 3. The molecule has 2 unspecified atom stereocenters. The lowest BCUT2D eigenvalue weighted by Crippen LogP contribution is -2.30. The van der Waals surface area contributed by atoms with Gasteiger partial charge in [-0.05, 0) is 43.5 Å². The third kappa shape index (κ3) is 4.09. The summed E-state index contributed by atoms with van der Waals surface area (Å²) in [6.45, 7) is 1.74. The Morgan fingerprint density at radius 1 is 1.29 bits per heavy atom. The highest BCUT2D eigenvalue weighted by atomic mass is 35.5. The summed E-state index contributed by atoms with van der Waals surface area (Å²) in [7, 11) is 1.59. The number of carbonyl (C=O) groups excluding carboxylic acids is 1. The highest BCUT2D eigenvalue weighted by Gasteiger charge is 2.28. The van der Waals surface area contributed by atoms with Gasteiger partial charge in [-0.3, -0.25) is 4.79 Å². The number of allylic oxidation sites excluding steroid dienone is 1. The molecule has 148 valence electrons. The van der Waals surface area contributed by atoms with Gasteiger partial charge in [-0.25, -0.2) is 4.79 Å². The first kappa shape index (κ1) is 20.5. The molecule has 1 amide bonds. The average molecular weight is 423 g/mol. The molecule has 2 atom stereocenters. The molecule has 3 N–H and O–H groups in total. The van der Waals surface area contributed by atoms with E-state index in [1.54, 1.807) is 32.2 Å². The number of carboxylic acid groups (broad SMARTS) is 1. The summed E-state index contributed by atoms with van der Waals surface area (Å²) in [5.41, 5.74) is 2.70. The van der Waals surface area contributed by atoms with Gasteiger partial charge in [0.05, 0.1) is 21.7 Å². The van der Waals surface area contributed by atoms with Crippen molar-refractivity contribution >= 4 is 35.1 Å². The van der Waals surface area contributed by atoms with Gasteiger partial charge in [0, 0.05) is 24.4 Å². The molecule has 2 aromatic rings. The fourth-order valence-electron chi connectivity index (χ4n) is 3.40. The van der Waals surface area contributed by atoms with E-state index in [-0.39, 0.29) is 34.2 Å². The predicted octanol–water partition coefficient (Wildman–Crippen LogP) is 4.53. The highest BCUT2D eigenvalue weighted by Crippen LogP contribution is 2.34. The summed E-state index contributed by atoms with van der Waals surface area (Å²) in [6, 6.07) is 6.85. The van der Waals surface area contributed by atoms with Gasteiger partial charge in [0.2, 0.25) is 0 Å². The molecule has 1 heterocycles. The quantitative estimate of drug-likeness (QED) is 0.659. The minimum absolute atomic E-state index is 0.00397. The molecule has 28 heavy (non-hydrogen) atoms. The standard InChI is InChI=1S/C20H20Cl2N2O4/c1-10-16(21)17(22)18(23-10)19(25)24-13-6-7-14(15(9-13)28-2)11-4-3-5-12(8-11)20(26)27/h3-5,8-9,14-15,23H,6-7H2,1-2H3,(H,24,25)(H,26,27). The van der Waals surface area contributed by atoms with Crippen molar-refractivity contribution in [1.29, 1.82) is 0 Å². The predicted molar refractivity (Wildman–Crippen MR) is 107 cm³/mol. The van der Waals surface area contributed by atoms with Crippen molar-refractivity contribution in [2.75, 3.05) is 7.11 Å². The van der Waals surface area contributed by atoms with Crippen LogP contribution in [-0.2, 0) is 4.74 Å². The normalized spacial score (nSPS) is 19.2. The molecule has 1 aliphatic rings. The summed E-state index contributed by atoms with van der Waals surface area (Å²) in [6.07, 6.45) is 2.87. The van der Waals surface area contributed by atoms with E-state index in [0.717, 1.165) is 11.3 Å². The lowest BCUT2D eigenvalue weighted by molar-refractivity contribution is 0.0695. The van der Waals surface area contributed by atoms with Crippen LogP contribution in [0.4, 0.5) is 0 Å². The number of halogens is 2. The van der Waals surface area contributed by atoms with Gasteiger partial charge < -0.3 is 20.1 Å². The second kappa shape index (κ2) is 8.39. The van der Waals surface area contributed by atoms with Crippen molar-refractivity contribution < 1.29 is 19.4 Å². The number of aryl methyl sites for hydroxylation is 1. The number of aromatic carboxylic acids is 1. The van der Waals surface area contributed by atoms with E-state index < -0.39 is 5.97 Å². The Balaban J connectivity index is 1.79. The Kier molecular flexibility index (Phi) is 6.13. The van der Waals surface area contributed by atoms with E-state index in [0.29, 0.717) is 23.6 Å². The minimum atomic E-state index is -0.966. The Morgan fingerprint density at radius 2 is 2.04 bits per heavy atom. The summed E-state index contributed by atoms with van der Waals surface area (Å²) in [5.74, 6) is -1.34. The minimum Gasteiger partial charge on any atom is -0.478 e. The summed E-state index contributed by atoms with van der Waals surface area (Å²) in [5, 5.41) is 12.6. The van der Waals surface area contributed by atoms with E-state index in [1.165, 1.54) is 0 Å². The maximum atomic E-state index is 12.5. The molecular formula is C20H20Cl2N2O4. The van der Waals surface area contributed by atoms with E-state index in [2.05, 4.69) is 10.3 Å². The van der Waals surface area contributed by atoms with Gasteiger partial charge in [0.25, 0.3) is 5.91 Å². The van der Waals surface area contributed by atoms with Crippen LogP contribution < -0.4 is 5.32 Å².